The van der Waals surface area contributed by atoms with E-state index in [9.17, 15) is 4.79 Å². The molecule has 3 rings (SSSR count). The molecule has 0 unspecified atom stereocenters. The highest BCUT2D eigenvalue weighted by Crippen LogP contribution is 2.30. The topological polar surface area (TPSA) is 111 Å². The van der Waals surface area contributed by atoms with Gasteiger partial charge in [-0.15, -0.1) is 5.10 Å². The second-order valence-corrected chi connectivity index (χ2v) is 9.22. The first-order valence-electron chi connectivity index (χ1n) is 8.96. The number of tetrazole rings is 1. The number of amides is 1. The summed E-state index contributed by atoms with van der Waals surface area (Å²) in [7, 11) is 0. The Morgan fingerprint density at radius 2 is 1.93 bits per heavy atom. The molecule has 2 aromatic carbocycles. The maximum atomic E-state index is 12.3. The van der Waals surface area contributed by atoms with Crippen molar-refractivity contribution in [1.29, 1.82) is 0 Å². The lowest BCUT2D eigenvalue weighted by molar-refractivity contribution is -0.113. The summed E-state index contributed by atoms with van der Waals surface area (Å²) in [6.45, 7) is 6.34. The number of benzene rings is 2. The molecule has 0 aliphatic rings. The molecule has 0 atom stereocenters. The van der Waals surface area contributed by atoms with Crippen LogP contribution < -0.4 is 16.6 Å². The third-order valence-electron chi connectivity index (χ3n) is 4.22. The standard InChI is InChI=1S/C19H21Cl2N7OS/c1-19(2,3)11-4-7-16(14(21)8-11)28-18(25-26-27-28)30-10-17(29)23-15-6-5-12(24-22)9-13(15)20/h4-9,24H,10,22H2,1-3H3,(H,23,29). The van der Waals surface area contributed by atoms with Crippen LogP contribution in [0.5, 0.6) is 0 Å². The van der Waals surface area contributed by atoms with Crippen molar-refractivity contribution in [1.82, 2.24) is 20.2 Å². The van der Waals surface area contributed by atoms with Gasteiger partial charge in [0.25, 0.3) is 0 Å². The van der Waals surface area contributed by atoms with Crippen LogP contribution >= 0.6 is 35.0 Å². The minimum Gasteiger partial charge on any atom is -0.324 e. The first-order chi connectivity index (χ1) is 14.2. The number of carbonyl (C=O) groups excluding carboxylic acids is 1. The van der Waals surface area contributed by atoms with Crippen LogP contribution in [0.4, 0.5) is 11.4 Å². The minimum absolute atomic E-state index is 0.0296. The molecular weight excluding hydrogens is 445 g/mol. The van der Waals surface area contributed by atoms with Gasteiger partial charge < -0.3 is 10.7 Å². The van der Waals surface area contributed by atoms with Crippen LogP contribution in [0.2, 0.25) is 10.0 Å². The Hall–Kier alpha value is -2.33. The summed E-state index contributed by atoms with van der Waals surface area (Å²) in [5.41, 5.74) is 5.34. The van der Waals surface area contributed by atoms with Crippen molar-refractivity contribution in [3.05, 3.63) is 52.0 Å². The van der Waals surface area contributed by atoms with E-state index in [0.29, 0.717) is 32.3 Å². The largest absolute Gasteiger partial charge is 0.324 e. The van der Waals surface area contributed by atoms with E-state index in [2.05, 4.69) is 47.0 Å². The maximum absolute atomic E-state index is 12.3. The summed E-state index contributed by atoms with van der Waals surface area (Å²) in [6, 6.07) is 10.8. The number of nitrogens with zero attached hydrogens (tertiary/aromatic N) is 4. The summed E-state index contributed by atoms with van der Waals surface area (Å²) in [4.78, 5) is 12.3. The molecule has 0 saturated heterocycles. The van der Waals surface area contributed by atoms with E-state index < -0.39 is 0 Å². The molecule has 0 bridgehead atoms. The fourth-order valence-electron chi connectivity index (χ4n) is 2.59. The molecule has 30 heavy (non-hydrogen) atoms. The van der Waals surface area contributed by atoms with E-state index in [-0.39, 0.29) is 17.1 Å². The first-order valence-corrected chi connectivity index (χ1v) is 10.7. The molecule has 0 spiro atoms. The number of nitrogens with two attached hydrogens (primary N) is 1. The van der Waals surface area contributed by atoms with Gasteiger partial charge in [-0.25, -0.2) is 0 Å². The van der Waals surface area contributed by atoms with Gasteiger partial charge in [0.15, 0.2) is 0 Å². The van der Waals surface area contributed by atoms with Gasteiger partial charge in [0.05, 0.1) is 32.9 Å². The molecule has 1 amide bonds. The summed E-state index contributed by atoms with van der Waals surface area (Å²) in [5, 5.41) is 15.8. The zero-order valence-corrected chi connectivity index (χ0v) is 18.9. The average Bonchev–Trinajstić information content (AvgIpc) is 3.15. The molecule has 158 valence electrons. The third kappa shape index (κ3) is 5.23. The zero-order valence-electron chi connectivity index (χ0n) is 16.6. The zero-order chi connectivity index (χ0) is 21.9. The molecule has 3 aromatic rings. The van der Waals surface area contributed by atoms with E-state index in [0.717, 1.165) is 5.56 Å². The number of hydrogen-bond donors (Lipinski definition) is 3. The lowest BCUT2D eigenvalue weighted by Gasteiger charge is -2.20. The highest BCUT2D eigenvalue weighted by atomic mass is 35.5. The number of hydrogen-bond acceptors (Lipinski definition) is 7. The number of aromatic nitrogens is 4. The van der Waals surface area contributed by atoms with Gasteiger partial charge in [-0.2, -0.15) is 4.68 Å². The molecule has 8 nitrogen and oxygen atoms in total. The second-order valence-electron chi connectivity index (χ2n) is 7.47. The Bertz CT molecular complexity index is 1070. The number of halogens is 2. The molecule has 0 saturated carbocycles. The van der Waals surface area contributed by atoms with Crippen molar-refractivity contribution in [2.45, 2.75) is 31.3 Å². The molecule has 0 aliphatic heterocycles. The van der Waals surface area contributed by atoms with Gasteiger partial charge in [-0.3, -0.25) is 10.6 Å². The smallest absolute Gasteiger partial charge is 0.234 e. The SMILES string of the molecule is CC(C)(C)c1ccc(-n2nnnc2SCC(=O)Nc2ccc(NN)cc2Cl)c(Cl)c1. The monoisotopic (exact) mass is 465 g/mol. The Kier molecular flexibility index (Phi) is 6.87. The minimum atomic E-state index is -0.251. The Morgan fingerprint density at radius 1 is 1.17 bits per heavy atom. The number of thioether (sulfide) groups is 1. The van der Waals surface area contributed by atoms with Crippen LogP contribution in [0.15, 0.2) is 41.6 Å². The lowest BCUT2D eigenvalue weighted by atomic mass is 9.87. The Balaban J connectivity index is 1.70. The predicted molar refractivity (Wildman–Crippen MR) is 121 cm³/mol. The third-order valence-corrected chi connectivity index (χ3v) is 5.76. The Labute approximate surface area is 188 Å². The van der Waals surface area contributed by atoms with E-state index in [1.54, 1.807) is 18.2 Å². The molecule has 0 radical (unpaired) electrons. The lowest BCUT2D eigenvalue weighted by Crippen LogP contribution is -2.15. The summed E-state index contributed by atoms with van der Waals surface area (Å²) >= 11 is 13.8. The van der Waals surface area contributed by atoms with Gasteiger partial charge >= 0.3 is 0 Å². The van der Waals surface area contributed by atoms with E-state index in [1.807, 2.05) is 18.2 Å². The van der Waals surface area contributed by atoms with E-state index >= 15 is 0 Å². The van der Waals surface area contributed by atoms with Gasteiger partial charge in [0.1, 0.15) is 0 Å². The van der Waals surface area contributed by atoms with E-state index in [4.69, 9.17) is 29.0 Å². The first kappa shape index (κ1) is 22.4. The number of anilines is 2. The number of nitrogen functional groups attached to an aromatic ring is 1. The van der Waals surface area contributed by atoms with Crippen LogP contribution in [0, 0.1) is 0 Å². The summed E-state index contributed by atoms with van der Waals surface area (Å²) in [6.07, 6.45) is 0. The second kappa shape index (κ2) is 9.22. The van der Waals surface area contributed by atoms with Gasteiger partial charge in [-0.05, 0) is 51.7 Å². The van der Waals surface area contributed by atoms with Crippen molar-refractivity contribution in [2.75, 3.05) is 16.5 Å². The molecule has 1 aromatic heterocycles. The highest BCUT2D eigenvalue weighted by Gasteiger charge is 2.18. The van der Waals surface area contributed by atoms with Crippen LogP contribution in [0.3, 0.4) is 0 Å². The molecule has 0 fully saturated rings. The highest BCUT2D eigenvalue weighted by molar-refractivity contribution is 7.99. The van der Waals surface area contributed by atoms with Crippen LogP contribution in [-0.4, -0.2) is 31.9 Å². The molecule has 4 N–H and O–H groups in total. The number of hydrazine groups is 1. The Morgan fingerprint density at radius 3 is 2.57 bits per heavy atom. The van der Waals surface area contributed by atoms with E-state index in [1.165, 1.54) is 16.4 Å². The van der Waals surface area contributed by atoms with Crippen LogP contribution in [-0.2, 0) is 10.2 Å². The summed E-state index contributed by atoms with van der Waals surface area (Å²) < 4.78 is 1.52. The van der Waals surface area contributed by atoms with Crippen molar-refractivity contribution in [3.63, 3.8) is 0 Å². The van der Waals surface area contributed by atoms with Gasteiger partial charge in [0.2, 0.25) is 11.1 Å². The number of carbonyl (C=O) groups is 1. The van der Waals surface area contributed by atoms with Crippen LogP contribution in [0.1, 0.15) is 26.3 Å². The molecular formula is C19H21Cl2N7OS. The number of rotatable bonds is 6. The van der Waals surface area contributed by atoms with Crippen molar-refractivity contribution < 1.29 is 4.79 Å². The average molecular weight is 466 g/mol. The fourth-order valence-corrected chi connectivity index (χ4v) is 3.76. The summed E-state index contributed by atoms with van der Waals surface area (Å²) in [5.74, 6) is 5.18. The normalized spacial score (nSPS) is 11.4. The molecule has 0 aliphatic carbocycles. The van der Waals surface area contributed by atoms with Crippen molar-refractivity contribution in [3.8, 4) is 5.69 Å². The van der Waals surface area contributed by atoms with Crippen LogP contribution in [0.25, 0.3) is 5.69 Å². The fraction of sp³-hybridized carbons (Fsp3) is 0.263. The van der Waals surface area contributed by atoms with Gasteiger partial charge in [-0.1, -0.05) is 61.8 Å². The number of nitrogens with one attached hydrogen (secondary N) is 2. The van der Waals surface area contributed by atoms with Gasteiger partial charge in [0, 0.05) is 0 Å². The molecule has 1 heterocycles. The maximum Gasteiger partial charge on any atom is 0.234 e. The van der Waals surface area contributed by atoms with Crippen molar-refractivity contribution in [2.24, 2.45) is 5.84 Å². The predicted octanol–water partition coefficient (Wildman–Crippen LogP) is 4.28. The quantitative estimate of drug-likeness (QED) is 0.283. The molecule has 11 heteroatoms. The van der Waals surface area contributed by atoms with Crippen molar-refractivity contribution >= 4 is 52.2 Å².